The second-order valence-corrected chi connectivity index (χ2v) is 9.30. The number of anilines is 1. The standard InChI is InChI=1S/C20H22ClFN2O4S/c1-13-10-16(6-8-19(13)28-2)29(26,27)24-9-3-4-14(12-24)20(25)23-15-5-7-18(22)17(21)11-15/h5-8,10-11,14H,3-4,9,12H2,1-2H3,(H,23,25)/t14-/m1/s1. The average molecular weight is 441 g/mol. The predicted octanol–water partition coefficient (Wildman–Crippen LogP) is 3.84. The largest absolute Gasteiger partial charge is 0.496 e. The highest BCUT2D eigenvalue weighted by Gasteiger charge is 2.33. The third-order valence-electron chi connectivity index (χ3n) is 4.95. The van der Waals surface area contributed by atoms with E-state index >= 15 is 0 Å². The number of methoxy groups -OCH3 is 1. The van der Waals surface area contributed by atoms with Gasteiger partial charge in [-0.25, -0.2) is 12.8 Å². The number of aryl methyl sites for hydroxylation is 1. The molecular formula is C20H22ClFN2O4S. The van der Waals surface area contributed by atoms with Gasteiger partial charge in [-0.3, -0.25) is 4.79 Å². The molecule has 6 nitrogen and oxygen atoms in total. The average Bonchev–Trinajstić information content (AvgIpc) is 2.70. The molecule has 2 aromatic rings. The first kappa shape index (κ1) is 21.5. The molecule has 0 aliphatic carbocycles. The number of hydrogen-bond acceptors (Lipinski definition) is 4. The van der Waals surface area contributed by atoms with Gasteiger partial charge < -0.3 is 10.1 Å². The molecule has 0 radical (unpaired) electrons. The van der Waals surface area contributed by atoms with Crippen LogP contribution in [0.1, 0.15) is 18.4 Å². The number of carbonyl (C=O) groups excluding carboxylic acids is 1. The van der Waals surface area contributed by atoms with E-state index in [0.717, 1.165) is 0 Å². The monoisotopic (exact) mass is 440 g/mol. The zero-order chi connectivity index (χ0) is 21.2. The lowest BCUT2D eigenvalue weighted by atomic mass is 9.99. The first-order valence-corrected chi connectivity index (χ1v) is 10.9. The van der Waals surface area contributed by atoms with Crippen molar-refractivity contribution < 1.29 is 22.3 Å². The van der Waals surface area contributed by atoms with Gasteiger partial charge >= 0.3 is 0 Å². The Bertz CT molecular complexity index is 1030. The minimum Gasteiger partial charge on any atom is -0.496 e. The summed E-state index contributed by atoms with van der Waals surface area (Å²) in [5, 5.41) is 2.60. The van der Waals surface area contributed by atoms with Crippen LogP contribution < -0.4 is 10.1 Å². The highest BCUT2D eigenvalue weighted by molar-refractivity contribution is 7.89. The van der Waals surface area contributed by atoms with Crippen LogP contribution in [0.2, 0.25) is 5.02 Å². The molecule has 0 aromatic heterocycles. The molecule has 1 amide bonds. The Labute approximate surface area is 174 Å². The molecule has 9 heteroatoms. The van der Waals surface area contributed by atoms with Crippen molar-refractivity contribution in [1.82, 2.24) is 4.31 Å². The maximum Gasteiger partial charge on any atom is 0.243 e. The lowest BCUT2D eigenvalue weighted by Crippen LogP contribution is -2.43. The number of rotatable bonds is 5. The zero-order valence-corrected chi connectivity index (χ0v) is 17.7. The van der Waals surface area contributed by atoms with Gasteiger partial charge in [-0.15, -0.1) is 0 Å². The third kappa shape index (κ3) is 4.71. The van der Waals surface area contributed by atoms with Crippen LogP contribution in [0.25, 0.3) is 0 Å². The van der Waals surface area contributed by atoms with E-state index in [9.17, 15) is 17.6 Å². The van der Waals surface area contributed by atoms with E-state index < -0.39 is 21.8 Å². The molecule has 0 spiro atoms. The lowest BCUT2D eigenvalue weighted by Gasteiger charge is -2.31. The van der Waals surface area contributed by atoms with Crippen molar-refractivity contribution in [1.29, 1.82) is 0 Å². The molecule has 1 fully saturated rings. The van der Waals surface area contributed by atoms with E-state index in [0.29, 0.717) is 36.4 Å². The zero-order valence-electron chi connectivity index (χ0n) is 16.1. The summed E-state index contributed by atoms with van der Waals surface area (Å²) >= 11 is 5.75. The number of benzene rings is 2. The van der Waals surface area contributed by atoms with Crippen molar-refractivity contribution in [3.8, 4) is 5.75 Å². The molecule has 2 aromatic carbocycles. The molecule has 1 saturated heterocycles. The number of hydrogen-bond donors (Lipinski definition) is 1. The normalized spacial score (nSPS) is 17.7. The van der Waals surface area contributed by atoms with E-state index in [4.69, 9.17) is 16.3 Å². The van der Waals surface area contributed by atoms with Crippen molar-refractivity contribution in [3.05, 3.63) is 52.8 Å². The Hall–Kier alpha value is -2.16. The van der Waals surface area contributed by atoms with Gasteiger partial charge in [-0.05, 0) is 61.7 Å². The van der Waals surface area contributed by atoms with Gasteiger partial charge in [0, 0.05) is 18.8 Å². The minimum atomic E-state index is -3.73. The van der Waals surface area contributed by atoms with Crippen molar-refractivity contribution in [2.45, 2.75) is 24.7 Å². The number of carbonyl (C=O) groups is 1. The number of ether oxygens (including phenoxy) is 1. The summed E-state index contributed by atoms with van der Waals surface area (Å²) in [6, 6.07) is 8.60. The summed E-state index contributed by atoms with van der Waals surface area (Å²) in [6.07, 6.45) is 1.13. The smallest absolute Gasteiger partial charge is 0.243 e. The minimum absolute atomic E-state index is 0.0775. The van der Waals surface area contributed by atoms with Crippen LogP contribution >= 0.6 is 11.6 Å². The number of piperidine rings is 1. The second-order valence-electron chi connectivity index (χ2n) is 6.95. The van der Waals surface area contributed by atoms with Gasteiger partial charge in [0.25, 0.3) is 0 Å². The predicted molar refractivity (Wildman–Crippen MR) is 109 cm³/mol. The van der Waals surface area contributed by atoms with Crippen molar-refractivity contribution in [2.75, 3.05) is 25.5 Å². The van der Waals surface area contributed by atoms with Crippen LogP contribution in [-0.2, 0) is 14.8 Å². The molecule has 29 heavy (non-hydrogen) atoms. The summed E-state index contributed by atoms with van der Waals surface area (Å²) in [5.74, 6) is -0.799. The SMILES string of the molecule is COc1ccc(S(=O)(=O)N2CCC[C@@H](C(=O)Nc3ccc(F)c(Cl)c3)C2)cc1C. The van der Waals surface area contributed by atoms with E-state index in [1.165, 1.54) is 35.7 Å². The van der Waals surface area contributed by atoms with E-state index in [1.54, 1.807) is 19.1 Å². The van der Waals surface area contributed by atoms with E-state index in [-0.39, 0.29) is 22.4 Å². The number of amides is 1. The summed E-state index contributed by atoms with van der Waals surface area (Å²) in [7, 11) is -2.21. The maximum atomic E-state index is 13.3. The van der Waals surface area contributed by atoms with Crippen molar-refractivity contribution in [2.24, 2.45) is 5.92 Å². The molecular weight excluding hydrogens is 419 g/mol. The van der Waals surface area contributed by atoms with Gasteiger partial charge in [0.05, 0.1) is 22.9 Å². The topological polar surface area (TPSA) is 75.7 Å². The third-order valence-corrected chi connectivity index (χ3v) is 7.10. The number of halogens is 2. The van der Waals surface area contributed by atoms with E-state index in [1.807, 2.05) is 0 Å². The summed E-state index contributed by atoms with van der Waals surface area (Å²) < 4.78 is 45.9. The van der Waals surface area contributed by atoms with Gasteiger partial charge in [0.15, 0.2) is 0 Å². The highest BCUT2D eigenvalue weighted by Crippen LogP contribution is 2.28. The van der Waals surface area contributed by atoms with Crippen molar-refractivity contribution in [3.63, 3.8) is 0 Å². The molecule has 1 aliphatic rings. The summed E-state index contributed by atoms with van der Waals surface area (Å²) in [6.45, 7) is 2.20. The molecule has 1 aliphatic heterocycles. The van der Waals surface area contributed by atoms with Gasteiger partial charge in [0.2, 0.25) is 15.9 Å². The molecule has 3 rings (SSSR count). The van der Waals surface area contributed by atoms with Crippen molar-refractivity contribution >= 4 is 33.2 Å². The maximum absolute atomic E-state index is 13.3. The first-order valence-electron chi connectivity index (χ1n) is 9.13. The second kappa shape index (κ2) is 8.69. The Balaban J connectivity index is 1.74. The molecule has 0 saturated carbocycles. The molecule has 156 valence electrons. The molecule has 1 atom stereocenters. The van der Waals surface area contributed by atoms with Crippen LogP contribution in [0.4, 0.5) is 10.1 Å². The Morgan fingerprint density at radius 1 is 1.28 bits per heavy atom. The Morgan fingerprint density at radius 3 is 2.69 bits per heavy atom. The fourth-order valence-electron chi connectivity index (χ4n) is 3.35. The summed E-state index contributed by atoms with van der Waals surface area (Å²) in [5.41, 5.74) is 1.08. The molecule has 0 bridgehead atoms. The highest BCUT2D eigenvalue weighted by atomic mass is 35.5. The Kier molecular flexibility index (Phi) is 6.45. The van der Waals surface area contributed by atoms with Crippen LogP contribution in [0.15, 0.2) is 41.3 Å². The van der Waals surface area contributed by atoms with Crippen LogP contribution in [0, 0.1) is 18.7 Å². The number of nitrogens with zero attached hydrogens (tertiary/aromatic N) is 1. The Morgan fingerprint density at radius 2 is 2.03 bits per heavy atom. The van der Waals surface area contributed by atoms with Gasteiger partial charge in [0.1, 0.15) is 11.6 Å². The fraction of sp³-hybridized carbons (Fsp3) is 0.350. The fourth-order valence-corrected chi connectivity index (χ4v) is 5.14. The lowest BCUT2D eigenvalue weighted by molar-refractivity contribution is -0.120. The van der Waals surface area contributed by atoms with Gasteiger partial charge in [-0.2, -0.15) is 4.31 Å². The van der Waals surface area contributed by atoms with Crippen LogP contribution in [-0.4, -0.2) is 38.8 Å². The quantitative estimate of drug-likeness (QED) is 0.766. The number of sulfonamides is 1. The van der Waals surface area contributed by atoms with Crippen LogP contribution in [0.5, 0.6) is 5.75 Å². The van der Waals surface area contributed by atoms with E-state index in [2.05, 4.69) is 5.32 Å². The molecule has 1 heterocycles. The van der Waals surface area contributed by atoms with Gasteiger partial charge in [-0.1, -0.05) is 11.6 Å². The summed E-state index contributed by atoms with van der Waals surface area (Å²) in [4.78, 5) is 12.8. The first-order chi connectivity index (χ1) is 13.7. The number of nitrogens with one attached hydrogen (secondary N) is 1. The molecule has 1 N–H and O–H groups in total. The van der Waals surface area contributed by atoms with Crippen LogP contribution in [0.3, 0.4) is 0 Å². The molecule has 0 unspecified atom stereocenters.